The van der Waals surface area contributed by atoms with E-state index in [0.717, 1.165) is 94.7 Å². The van der Waals surface area contributed by atoms with E-state index in [0.29, 0.717) is 5.82 Å². The van der Waals surface area contributed by atoms with Gasteiger partial charge in [0, 0.05) is 55.6 Å². The minimum Gasteiger partial charge on any atom is -0.294 e. The van der Waals surface area contributed by atoms with E-state index >= 15 is 0 Å². The van der Waals surface area contributed by atoms with Gasteiger partial charge in [-0.25, -0.2) is 14.5 Å². The molecule has 12 aromatic rings. The van der Waals surface area contributed by atoms with Crippen LogP contribution in [0.5, 0.6) is 0 Å². The lowest BCUT2D eigenvalue weighted by atomic mass is 9.91. The van der Waals surface area contributed by atoms with Crippen LogP contribution in [0.3, 0.4) is 0 Å². The van der Waals surface area contributed by atoms with Gasteiger partial charge in [0.2, 0.25) is 0 Å². The summed E-state index contributed by atoms with van der Waals surface area (Å²) in [5.74, 6) is 1.49. The summed E-state index contributed by atoms with van der Waals surface area (Å²) in [6.45, 7) is 0. The summed E-state index contributed by atoms with van der Waals surface area (Å²) in [6, 6.07) is 79.0. The largest absolute Gasteiger partial charge is 0.294 e. The van der Waals surface area contributed by atoms with E-state index in [1.165, 1.54) is 10.8 Å². The zero-order valence-corrected chi connectivity index (χ0v) is 33.6. The lowest BCUT2D eigenvalue weighted by Crippen LogP contribution is -2.02. The van der Waals surface area contributed by atoms with Crippen molar-refractivity contribution in [2.75, 3.05) is 0 Å². The van der Waals surface area contributed by atoms with Crippen molar-refractivity contribution in [1.82, 2.24) is 24.1 Å². The molecule has 62 heavy (non-hydrogen) atoms. The standard InChI is InChI=1S/C57H37N5/c1-5-19-39(20-6-1)53-54(41-21-7-2-8-22-41)60-62-55(42-23-9-3-10-24-42)52(46-29-13-14-30-47(46)56(53)62)40-35-33-38(34-36-40)48-37-51(59-57(58-48)43-25-11-4-12-26-43)61-49-31-17-15-27-44(49)45-28-16-18-32-50(45)61/h1-37H. The Bertz CT molecular complexity index is 3540. The summed E-state index contributed by atoms with van der Waals surface area (Å²) < 4.78 is 4.46. The molecule has 0 saturated heterocycles. The van der Waals surface area contributed by atoms with Crippen LogP contribution in [-0.2, 0) is 0 Å². The summed E-state index contributed by atoms with van der Waals surface area (Å²) >= 11 is 0. The zero-order chi connectivity index (χ0) is 41.0. The molecule has 0 radical (unpaired) electrons. The molecule has 4 aromatic heterocycles. The molecule has 0 amide bonds. The topological polar surface area (TPSA) is 48.0 Å². The number of hydrogen-bond donors (Lipinski definition) is 0. The van der Waals surface area contributed by atoms with Crippen LogP contribution in [0.2, 0.25) is 0 Å². The second-order valence-corrected chi connectivity index (χ2v) is 15.6. The van der Waals surface area contributed by atoms with Gasteiger partial charge >= 0.3 is 0 Å². The fourth-order valence-corrected chi connectivity index (χ4v) is 9.19. The third-order valence-corrected chi connectivity index (χ3v) is 12.0. The molecule has 0 saturated carbocycles. The first-order valence-corrected chi connectivity index (χ1v) is 21.0. The Morgan fingerprint density at radius 2 is 0.806 bits per heavy atom. The first kappa shape index (κ1) is 35.5. The van der Waals surface area contributed by atoms with Gasteiger partial charge in [-0.05, 0) is 28.6 Å². The van der Waals surface area contributed by atoms with Crippen LogP contribution in [0, 0.1) is 0 Å². The predicted octanol–water partition coefficient (Wildman–Crippen LogP) is 14.4. The molecule has 4 heterocycles. The molecule has 12 rings (SSSR count). The van der Waals surface area contributed by atoms with Crippen LogP contribution >= 0.6 is 0 Å². The van der Waals surface area contributed by atoms with E-state index in [1.807, 2.05) is 18.2 Å². The molecule has 0 atom stereocenters. The highest BCUT2D eigenvalue weighted by molar-refractivity contribution is 6.15. The Hall–Kier alpha value is -8.41. The quantitative estimate of drug-likeness (QED) is 0.162. The molecule has 0 aliphatic carbocycles. The Morgan fingerprint density at radius 1 is 0.339 bits per heavy atom. The number of rotatable bonds is 7. The molecule has 0 spiro atoms. The van der Waals surface area contributed by atoms with Crippen LogP contribution in [0.4, 0.5) is 0 Å². The molecular formula is C57H37N5. The van der Waals surface area contributed by atoms with Crippen molar-refractivity contribution >= 4 is 38.1 Å². The van der Waals surface area contributed by atoms with Crippen molar-refractivity contribution in [2.45, 2.75) is 0 Å². The van der Waals surface area contributed by atoms with Crippen LogP contribution < -0.4 is 0 Å². The molecule has 0 aliphatic heterocycles. The van der Waals surface area contributed by atoms with Crippen LogP contribution in [-0.4, -0.2) is 24.1 Å². The first-order chi connectivity index (χ1) is 30.8. The van der Waals surface area contributed by atoms with Gasteiger partial charge in [-0.3, -0.25) is 4.57 Å². The number of para-hydroxylation sites is 2. The molecule has 0 aliphatic rings. The van der Waals surface area contributed by atoms with Crippen LogP contribution in [0.15, 0.2) is 224 Å². The summed E-state index contributed by atoms with van der Waals surface area (Å²) in [5.41, 5.74) is 14.7. The fourth-order valence-electron chi connectivity index (χ4n) is 9.19. The summed E-state index contributed by atoms with van der Waals surface area (Å²) in [7, 11) is 0. The number of benzene rings is 8. The van der Waals surface area contributed by atoms with E-state index < -0.39 is 0 Å². The molecule has 0 bridgehead atoms. The fraction of sp³-hybridized carbons (Fsp3) is 0. The third-order valence-electron chi connectivity index (χ3n) is 12.0. The second kappa shape index (κ2) is 14.7. The highest BCUT2D eigenvalue weighted by atomic mass is 15.2. The Morgan fingerprint density at radius 3 is 1.42 bits per heavy atom. The number of fused-ring (bicyclic) bond motifs is 6. The maximum absolute atomic E-state index is 5.55. The first-order valence-electron chi connectivity index (χ1n) is 21.0. The van der Waals surface area contributed by atoms with Gasteiger partial charge in [0.05, 0.1) is 27.9 Å². The van der Waals surface area contributed by atoms with Crippen molar-refractivity contribution in [1.29, 1.82) is 0 Å². The molecule has 0 N–H and O–H groups in total. The molecule has 8 aromatic carbocycles. The second-order valence-electron chi connectivity index (χ2n) is 15.6. The summed E-state index contributed by atoms with van der Waals surface area (Å²) in [4.78, 5) is 10.5. The molecular weight excluding hydrogens is 755 g/mol. The van der Waals surface area contributed by atoms with E-state index in [-0.39, 0.29) is 0 Å². The van der Waals surface area contributed by atoms with Crippen molar-refractivity contribution in [2.24, 2.45) is 0 Å². The lowest BCUT2D eigenvalue weighted by molar-refractivity contribution is 0.981. The van der Waals surface area contributed by atoms with Crippen molar-refractivity contribution in [3.8, 4) is 73.2 Å². The average molecular weight is 792 g/mol. The number of nitrogens with zero attached hydrogens (tertiary/aromatic N) is 5. The Kier molecular flexibility index (Phi) is 8.42. The van der Waals surface area contributed by atoms with Gasteiger partial charge in [-0.2, -0.15) is 5.10 Å². The SMILES string of the molecule is c1ccc(-c2nc(-c3ccc(-c4c(-c5ccccc5)n5nc(-c6ccccc6)c(-c6ccccc6)c5c5ccccc45)cc3)cc(-n3c4ccccc4c4ccccc43)n2)cc1. The Balaban J connectivity index is 1.09. The van der Waals surface area contributed by atoms with Gasteiger partial charge in [0.15, 0.2) is 5.82 Å². The normalized spacial score (nSPS) is 11.5. The smallest absolute Gasteiger partial charge is 0.162 e. The molecule has 5 nitrogen and oxygen atoms in total. The Labute approximate surface area is 358 Å². The van der Waals surface area contributed by atoms with E-state index in [4.69, 9.17) is 15.1 Å². The predicted molar refractivity (Wildman–Crippen MR) is 255 cm³/mol. The van der Waals surface area contributed by atoms with E-state index in [9.17, 15) is 0 Å². The van der Waals surface area contributed by atoms with E-state index in [1.54, 1.807) is 0 Å². The van der Waals surface area contributed by atoms with Crippen molar-refractivity contribution < 1.29 is 0 Å². The molecule has 290 valence electrons. The van der Waals surface area contributed by atoms with Crippen LogP contribution in [0.25, 0.3) is 111 Å². The minimum absolute atomic E-state index is 0.675. The zero-order valence-electron chi connectivity index (χ0n) is 33.6. The summed E-state index contributed by atoms with van der Waals surface area (Å²) in [5, 5.41) is 10.2. The van der Waals surface area contributed by atoms with Gasteiger partial charge < -0.3 is 0 Å². The highest BCUT2D eigenvalue weighted by Crippen LogP contribution is 2.46. The van der Waals surface area contributed by atoms with Gasteiger partial charge in [0.25, 0.3) is 0 Å². The average Bonchev–Trinajstić information content (AvgIpc) is 3.92. The highest BCUT2D eigenvalue weighted by Gasteiger charge is 2.25. The summed E-state index contributed by atoms with van der Waals surface area (Å²) in [6.07, 6.45) is 0. The molecule has 0 fully saturated rings. The molecule has 0 unspecified atom stereocenters. The van der Waals surface area contributed by atoms with Crippen LogP contribution in [0.1, 0.15) is 0 Å². The minimum atomic E-state index is 0.675. The third kappa shape index (κ3) is 5.82. The monoisotopic (exact) mass is 791 g/mol. The number of aromatic nitrogens is 5. The molecule has 5 heteroatoms. The number of pyridine rings is 1. The van der Waals surface area contributed by atoms with Gasteiger partial charge in [-0.1, -0.05) is 206 Å². The number of hydrogen-bond acceptors (Lipinski definition) is 3. The van der Waals surface area contributed by atoms with Gasteiger partial charge in [0.1, 0.15) is 11.5 Å². The van der Waals surface area contributed by atoms with Gasteiger partial charge in [-0.15, -0.1) is 0 Å². The maximum Gasteiger partial charge on any atom is 0.162 e. The lowest BCUT2D eigenvalue weighted by Gasteiger charge is -2.18. The maximum atomic E-state index is 5.55. The van der Waals surface area contributed by atoms with Crippen molar-refractivity contribution in [3.05, 3.63) is 224 Å². The van der Waals surface area contributed by atoms with Crippen molar-refractivity contribution in [3.63, 3.8) is 0 Å². The van der Waals surface area contributed by atoms with E-state index in [2.05, 4.69) is 215 Å².